The van der Waals surface area contributed by atoms with Crippen LogP contribution in [0, 0.1) is 0 Å². The molecule has 3 atom stereocenters. The molecule has 0 unspecified atom stereocenters. The molecule has 2 saturated heterocycles. The molecule has 0 bridgehead atoms. The first-order valence-corrected chi connectivity index (χ1v) is 29.4. The lowest BCUT2D eigenvalue weighted by Gasteiger charge is -2.21. The van der Waals surface area contributed by atoms with Crippen molar-refractivity contribution < 1.29 is 33.5 Å². The van der Waals surface area contributed by atoms with E-state index in [9.17, 15) is 19.2 Å². The third-order valence-electron chi connectivity index (χ3n) is 11.9. The number of carbonyl (C=O) groups is 4. The lowest BCUT2D eigenvalue weighted by Crippen LogP contribution is -2.37. The number of nitrogens with two attached hydrogens (primary N) is 4. The van der Waals surface area contributed by atoms with Gasteiger partial charge in [0.1, 0.15) is 11.2 Å². The standard InChI is InChI=1S/C20H40N6O2S.C18H39N3O2.C10H26N4.C5H11NO3/c1-25(13-5-9-21)11-3-4-12-26(2)14-6-10-22-18(27)8-7-17-19-16(15-29-17)23-20(28)24-19;1-7-8-13-20(5)14-9-10-15-21(6)16-11-12-19-17(22)23-18(2,3)4;11-5-3-9-13-7-1-2-8-14-10-4-6-12;1-5(2,3)8-4(7)9-6/h16-17,19H,3-15,21H2,1-2H3,(H,22,27)(H2,23,24,28);7-16H2,1-6H3,(H,19,22);13-14H,1-12H2;6H2,1-3H3/t16-,17-,19-;;;/m0.../s1. The van der Waals surface area contributed by atoms with Gasteiger partial charge in [-0.2, -0.15) is 17.7 Å². The Morgan fingerprint density at radius 2 is 1.01 bits per heavy atom. The van der Waals surface area contributed by atoms with E-state index in [2.05, 4.69) is 102 Å². The van der Waals surface area contributed by atoms with Gasteiger partial charge < -0.3 is 83.0 Å². The largest absolute Gasteiger partial charge is 0.528 e. The van der Waals surface area contributed by atoms with Gasteiger partial charge in [-0.15, -0.1) is 0 Å². The second-order valence-corrected chi connectivity index (χ2v) is 23.1. The number of amides is 4. The fourth-order valence-corrected chi connectivity index (χ4v) is 9.17. The first-order valence-electron chi connectivity index (χ1n) is 28.4. The van der Waals surface area contributed by atoms with Crippen molar-refractivity contribution >= 4 is 35.9 Å². The highest BCUT2D eigenvalue weighted by atomic mass is 32.2. The molecule has 2 heterocycles. The molecule has 0 radical (unpaired) electrons. The van der Waals surface area contributed by atoms with Gasteiger partial charge in [0.05, 0.1) is 12.1 Å². The molecule has 4 amide bonds. The second-order valence-electron chi connectivity index (χ2n) is 21.8. The van der Waals surface area contributed by atoms with Gasteiger partial charge in [0, 0.05) is 30.5 Å². The molecule has 0 aliphatic carbocycles. The number of nitrogens with zero attached hydrogens (tertiary/aromatic N) is 4. The van der Waals surface area contributed by atoms with Crippen molar-refractivity contribution in [2.45, 2.75) is 173 Å². The zero-order valence-corrected chi connectivity index (χ0v) is 50.2. The van der Waals surface area contributed by atoms with Crippen molar-refractivity contribution in [1.82, 2.24) is 51.5 Å². The summed E-state index contributed by atoms with van der Waals surface area (Å²) in [6.45, 7) is 29.9. The molecule has 2 aliphatic rings. The molecule has 0 aromatic carbocycles. The van der Waals surface area contributed by atoms with Gasteiger partial charge in [-0.1, -0.05) is 13.3 Å². The fourth-order valence-electron chi connectivity index (χ4n) is 7.68. The Morgan fingerprint density at radius 3 is 1.44 bits per heavy atom. The van der Waals surface area contributed by atoms with E-state index in [1.54, 1.807) is 20.8 Å². The van der Waals surface area contributed by atoms with Gasteiger partial charge >= 0.3 is 18.3 Å². The Labute approximate surface area is 460 Å². The fraction of sp³-hybridized carbons (Fsp3) is 0.925. The number of hydrogen-bond donors (Lipinski definition) is 10. The highest BCUT2D eigenvalue weighted by Crippen LogP contribution is 2.32. The van der Waals surface area contributed by atoms with Crippen molar-refractivity contribution in [1.29, 1.82) is 0 Å². The van der Waals surface area contributed by atoms with E-state index in [1.807, 2.05) is 32.5 Å². The molecular formula is C53H116N14O7S. The lowest BCUT2D eigenvalue weighted by molar-refractivity contribution is -0.121. The molecule has 0 spiro atoms. The Balaban J connectivity index is 0. The smallest absolute Gasteiger partial charge is 0.444 e. The summed E-state index contributed by atoms with van der Waals surface area (Å²) in [6, 6.07) is 0.328. The van der Waals surface area contributed by atoms with Crippen LogP contribution >= 0.6 is 11.8 Å². The number of urea groups is 1. The van der Waals surface area contributed by atoms with E-state index in [-0.39, 0.29) is 30.1 Å². The lowest BCUT2D eigenvalue weighted by atomic mass is 10.0. The maximum absolute atomic E-state index is 12.1. The summed E-state index contributed by atoms with van der Waals surface area (Å²) in [5.41, 5.74) is 15.3. The van der Waals surface area contributed by atoms with Crippen LogP contribution in [0.15, 0.2) is 0 Å². The van der Waals surface area contributed by atoms with E-state index < -0.39 is 17.4 Å². The normalized spacial score (nSPS) is 16.0. The van der Waals surface area contributed by atoms with Crippen LogP contribution in [0.1, 0.15) is 145 Å². The van der Waals surface area contributed by atoms with Crippen LogP contribution in [0.2, 0.25) is 0 Å². The number of carbonyl (C=O) groups excluding carboxylic acids is 4. The maximum Gasteiger partial charge on any atom is 0.528 e. The van der Waals surface area contributed by atoms with Gasteiger partial charge in [-0.3, -0.25) is 4.79 Å². The van der Waals surface area contributed by atoms with Crippen LogP contribution < -0.4 is 55.0 Å². The van der Waals surface area contributed by atoms with E-state index >= 15 is 0 Å². The Bertz CT molecular complexity index is 1370. The van der Waals surface area contributed by atoms with E-state index in [0.29, 0.717) is 18.2 Å². The summed E-state index contributed by atoms with van der Waals surface area (Å²) < 4.78 is 9.81. The van der Waals surface area contributed by atoms with Crippen molar-refractivity contribution in [3.05, 3.63) is 0 Å². The predicted octanol–water partition coefficient (Wildman–Crippen LogP) is 4.23. The topological polar surface area (TPSA) is 285 Å². The number of alkyl carbamates (subject to hydrolysis) is 1. The minimum Gasteiger partial charge on any atom is -0.444 e. The molecule has 75 heavy (non-hydrogen) atoms. The van der Waals surface area contributed by atoms with Gasteiger partial charge in [0.2, 0.25) is 5.91 Å². The molecule has 21 nitrogen and oxygen atoms in total. The quantitative estimate of drug-likeness (QED) is 0.0179. The number of fused-ring (bicyclic) bond motifs is 1. The zero-order valence-electron chi connectivity index (χ0n) is 49.4. The average molecular weight is 1090 g/mol. The molecule has 2 aliphatic heterocycles. The van der Waals surface area contributed by atoms with E-state index in [1.165, 1.54) is 64.5 Å². The molecule has 2 fully saturated rings. The highest BCUT2D eigenvalue weighted by Gasteiger charge is 2.42. The minimum atomic E-state index is -0.859. The number of ether oxygens (including phenoxy) is 2. The molecular weight excluding hydrogens is 977 g/mol. The third kappa shape index (κ3) is 50.5. The Hall–Kier alpha value is -2.77. The summed E-state index contributed by atoms with van der Waals surface area (Å²) in [4.78, 5) is 58.5. The van der Waals surface area contributed by atoms with Gasteiger partial charge in [0.25, 0.3) is 0 Å². The first-order chi connectivity index (χ1) is 35.6. The Morgan fingerprint density at radius 1 is 0.587 bits per heavy atom. The van der Waals surface area contributed by atoms with Crippen LogP contribution in [-0.2, 0) is 19.1 Å². The van der Waals surface area contributed by atoms with E-state index in [4.69, 9.17) is 21.9 Å². The SMILES string of the molecule is CC(C)(C)OC(=O)ON.CCCCN(C)CCCCN(C)CCCNC(=O)OC(C)(C)C.CN(CCCN)CCCCN(C)CCCNC(=O)CC[C@@H]1SC[C@@H]2NC(=O)N[C@@H]21.NCCCNCCCCNCCCN. The summed E-state index contributed by atoms with van der Waals surface area (Å²) in [6.07, 6.45) is 15.2. The monoisotopic (exact) mass is 1090 g/mol. The van der Waals surface area contributed by atoms with Crippen molar-refractivity contribution in [3.8, 4) is 0 Å². The maximum atomic E-state index is 12.1. The zero-order chi connectivity index (χ0) is 56.8. The second kappa shape index (κ2) is 48.4. The number of thioether (sulfide) groups is 1. The van der Waals surface area contributed by atoms with Gasteiger partial charge in [0.15, 0.2) is 0 Å². The molecule has 0 aromatic rings. The average Bonchev–Trinajstić information content (AvgIpc) is 3.91. The van der Waals surface area contributed by atoms with Crippen LogP contribution in [0.3, 0.4) is 0 Å². The highest BCUT2D eigenvalue weighted by molar-refractivity contribution is 8.00. The Kier molecular flexibility index (Phi) is 47.9. The van der Waals surface area contributed by atoms with Crippen molar-refractivity contribution in [3.63, 3.8) is 0 Å². The summed E-state index contributed by atoms with van der Waals surface area (Å²) in [5.74, 6) is 5.56. The van der Waals surface area contributed by atoms with E-state index in [0.717, 1.165) is 136 Å². The minimum absolute atomic E-state index is 0.0718. The summed E-state index contributed by atoms with van der Waals surface area (Å²) >= 11 is 1.85. The summed E-state index contributed by atoms with van der Waals surface area (Å²) in [5, 5.41) is 18.8. The third-order valence-corrected chi connectivity index (χ3v) is 13.4. The van der Waals surface area contributed by atoms with Gasteiger partial charge in [-0.05, 0) is 251 Å². The number of hydrogen-bond acceptors (Lipinski definition) is 18. The molecule has 2 rings (SSSR count). The van der Waals surface area contributed by atoms with Crippen molar-refractivity contribution in [2.24, 2.45) is 23.1 Å². The predicted molar refractivity (Wildman–Crippen MR) is 312 cm³/mol. The molecule has 446 valence electrons. The number of rotatable bonds is 38. The first kappa shape index (κ1) is 74.3. The van der Waals surface area contributed by atoms with Crippen LogP contribution in [0.25, 0.3) is 0 Å². The number of nitrogens with one attached hydrogen (secondary N) is 6. The molecule has 0 aromatic heterocycles. The van der Waals surface area contributed by atoms with Gasteiger partial charge in [-0.25, -0.2) is 14.4 Å². The van der Waals surface area contributed by atoms with Crippen LogP contribution in [0.5, 0.6) is 0 Å². The molecule has 22 heteroatoms. The summed E-state index contributed by atoms with van der Waals surface area (Å²) in [7, 11) is 8.67. The molecule has 14 N–H and O–H groups in total. The van der Waals surface area contributed by atoms with Crippen LogP contribution in [-0.4, -0.2) is 218 Å². The van der Waals surface area contributed by atoms with Crippen LogP contribution in [0.4, 0.5) is 14.4 Å². The number of unbranched alkanes of at least 4 members (excludes halogenated alkanes) is 4. The van der Waals surface area contributed by atoms with Crippen molar-refractivity contribution in [2.75, 3.05) is 145 Å². The molecule has 0 saturated carbocycles.